The predicted octanol–water partition coefficient (Wildman–Crippen LogP) is 3.94. The average Bonchev–Trinajstić information content (AvgIpc) is 2.47. The first-order chi connectivity index (χ1) is 9.28. The third-order valence-electron chi connectivity index (χ3n) is 4.56. The van der Waals surface area contributed by atoms with Crippen LogP contribution in [0.4, 0.5) is 0 Å². The molecule has 0 saturated carbocycles. The zero-order valence-corrected chi connectivity index (χ0v) is 12.0. The summed E-state index contributed by atoms with van der Waals surface area (Å²) >= 11 is 0. The summed E-state index contributed by atoms with van der Waals surface area (Å²) in [6.45, 7) is 1.14. The van der Waals surface area contributed by atoms with E-state index in [-0.39, 0.29) is 0 Å². The third kappa shape index (κ3) is 2.49. The molecule has 1 heterocycles. The van der Waals surface area contributed by atoms with Crippen molar-refractivity contribution < 1.29 is 4.74 Å². The van der Waals surface area contributed by atoms with Gasteiger partial charge in [-0.05, 0) is 49.8 Å². The van der Waals surface area contributed by atoms with Crippen LogP contribution in [-0.2, 0) is 0 Å². The summed E-state index contributed by atoms with van der Waals surface area (Å²) in [5.41, 5.74) is 4.75. The number of nitrogens with zero attached hydrogens (tertiary/aromatic N) is 1. The van der Waals surface area contributed by atoms with Gasteiger partial charge in [-0.2, -0.15) is 0 Å². The van der Waals surface area contributed by atoms with Crippen molar-refractivity contribution in [2.24, 2.45) is 0 Å². The number of allylic oxidation sites excluding steroid dienone is 2. The maximum absolute atomic E-state index is 5.35. The molecule has 102 valence electrons. The molecule has 0 spiro atoms. The van der Waals surface area contributed by atoms with Crippen molar-refractivity contribution in [2.75, 3.05) is 20.7 Å². The van der Waals surface area contributed by atoms with Gasteiger partial charge in [0.1, 0.15) is 5.75 Å². The molecule has 0 amide bonds. The Hall–Kier alpha value is -1.44. The lowest BCUT2D eigenvalue weighted by Crippen LogP contribution is -2.31. The summed E-state index contributed by atoms with van der Waals surface area (Å²) in [5, 5.41) is 0. The van der Waals surface area contributed by atoms with Gasteiger partial charge in [0.2, 0.25) is 0 Å². The van der Waals surface area contributed by atoms with Crippen LogP contribution in [0.5, 0.6) is 5.75 Å². The number of hydrogen-bond donors (Lipinski definition) is 0. The van der Waals surface area contributed by atoms with Crippen LogP contribution in [0.15, 0.2) is 35.5 Å². The van der Waals surface area contributed by atoms with Gasteiger partial charge in [0.15, 0.2) is 0 Å². The van der Waals surface area contributed by atoms with Gasteiger partial charge in [0, 0.05) is 25.2 Å². The fraction of sp³-hybridized carbons (Fsp3) is 0.529. The molecule has 2 heteroatoms. The van der Waals surface area contributed by atoms with E-state index < -0.39 is 0 Å². The molecule has 1 aromatic rings. The number of benzene rings is 1. The largest absolute Gasteiger partial charge is 0.497 e. The lowest BCUT2D eigenvalue weighted by Gasteiger charge is -2.38. The molecule has 0 N–H and O–H groups in total. The number of ether oxygens (including phenoxy) is 1. The Balaban J connectivity index is 1.85. The van der Waals surface area contributed by atoms with Crippen LogP contribution < -0.4 is 4.74 Å². The van der Waals surface area contributed by atoms with Crippen LogP contribution >= 0.6 is 0 Å². The first kappa shape index (κ1) is 12.6. The first-order valence-electron chi connectivity index (χ1n) is 7.34. The highest BCUT2D eigenvalue weighted by Crippen LogP contribution is 2.39. The minimum absolute atomic E-state index is 0.622. The maximum Gasteiger partial charge on any atom is 0.119 e. The Morgan fingerprint density at radius 1 is 1.21 bits per heavy atom. The van der Waals surface area contributed by atoms with Gasteiger partial charge in [-0.3, -0.25) is 0 Å². The molecule has 1 aliphatic carbocycles. The second kappa shape index (κ2) is 5.28. The lowest BCUT2D eigenvalue weighted by molar-refractivity contribution is 0.315. The highest BCUT2D eigenvalue weighted by atomic mass is 16.5. The fourth-order valence-electron chi connectivity index (χ4n) is 3.55. The quantitative estimate of drug-likeness (QED) is 0.795. The lowest BCUT2D eigenvalue weighted by atomic mass is 9.82. The van der Waals surface area contributed by atoms with Crippen molar-refractivity contribution in [3.8, 4) is 5.75 Å². The van der Waals surface area contributed by atoms with E-state index in [2.05, 4.69) is 30.1 Å². The molecule has 2 aliphatic rings. The Morgan fingerprint density at radius 2 is 2.05 bits per heavy atom. The zero-order valence-electron chi connectivity index (χ0n) is 12.0. The molecular formula is C17H23NO. The summed E-state index contributed by atoms with van der Waals surface area (Å²) in [5.74, 6) is 1.60. The van der Waals surface area contributed by atoms with E-state index in [9.17, 15) is 0 Å². The van der Waals surface area contributed by atoms with Crippen molar-refractivity contribution in [3.63, 3.8) is 0 Å². The number of likely N-dealkylation sites (N-methyl/N-ethyl adjacent to an activating group) is 1. The Kier molecular flexibility index (Phi) is 3.50. The minimum Gasteiger partial charge on any atom is -0.497 e. The Labute approximate surface area is 116 Å². The monoisotopic (exact) mass is 257 g/mol. The molecule has 1 unspecified atom stereocenters. The van der Waals surface area contributed by atoms with Crippen molar-refractivity contribution in [1.29, 1.82) is 0 Å². The predicted molar refractivity (Wildman–Crippen MR) is 78.5 cm³/mol. The summed E-state index contributed by atoms with van der Waals surface area (Å²) in [7, 11) is 4.00. The molecule has 3 rings (SSSR count). The molecule has 1 aliphatic heterocycles. The first-order valence-corrected chi connectivity index (χ1v) is 7.34. The minimum atomic E-state index is 0.622. The summed E-state index contributed by atoms with van der Waals surface area (Å²) in [6.07, 6.45) is 6.58. The maximum atomic E-state index is 5.35. The van der Waals surface area contributed by atoms with Crippen LogP contribution in [0.3, 0.4) is 0 Å². The van der Waals surface area contributed by atoms with E-state index in [1.165, 1.54) is 37.7 Å². The van der Waals surface area contributed by atoms with E-state index in [1.807, 2.05) is 6.07 Å². The smallest absolute Gasteiger partial charge is 0.119 e. The van der Waals surface area contributed by atoms with Crippen LogP contribution in [0.2, 0.25) is 0 Å². The van der Waals surface area contributed by atoms with Crippen molar-refractivity contribution >= 4 is 0 Å². The van der Waals surface area contributed by atoms with E-state index in [4.69, 9.17) is 4.74 Å². The molecule has 1 atom stereocenters. The molecule has 1 aromatic carbocycles. The topological polar surface area (TPSA) is 12.5 Å². The molecular weight excluding hydrogens is 234 g/mol. The standard InChI is InChI=1S/C17H23NO/c1-18-12-15(10-14-6-3-4-9-17(14)18)13-7-5-8-16(11-13)19-2/h5,7-8,11,15H,3-4,6,9-10,12H2,1-2H3. The SMILES string of the molecule is COc1cccc(C2CC3=C(CCCC3)N(C)C2)c1. The number of hydrogen-bond acceptors (Lipinski definition) is 2. The van der Waals surface area contributed by atoms with Crippen molar-refractivity contribution in [1.82, 2.24) is 4.90 Å². The molecule has 0 aromatic heterocycles. The summed E-state index contributed by atoms with van der Waals surface area (Å²) in [6, 6.07) is 8.59. The van der Waals surface area contributed by atoms with Gasteiger partial charge in [0.25, 0.3) is 0 Å². The second-order valence-electron chi connectivity index (χ2n) is 5.82. The highest BCUT2D eigenvalue weighted by Gasteiger charge is 2.27. The van der Waals surface area contributed by atoms with E-state index in [1.54, 1.807) is 18.4 Å². The Morgan fingerprint density at radius 3 is 2.89 bits per heavy atom. The highest BCUT2D eigenvalue weighted by molar-refractivity contribution is 5.34. The van der Waals surface area contributed by atoms with E-state index >= 15 is 0 Å². The van der Waals surface area contributed by atoms with Crippen LogP contribution in [-0.4, -0.2) is 25.6 Å². The summed E-state index contributed by atoms with van der Waals surface area (Å²) in [4.78, 5) is 2.49. The fourth-order valence-corrected chi connectivity index (χ4v) is 3.55. The molecule has 2 nitrogen and oxygen atoms in total. The van der Waals surface area contributed by atoms with Gasteiger partial charge in [-0.15, -0.1) is 0 Å². The van der Waals surface area contributed by atoms with Gasteiger partial charge in [-0.25, -0.2) is 0 Å². The molecule has 0 radical (unpaired) electrons. The normalized spacial score (nSPS) is 23.3. The molecule has 19 heavy (non-hydrogen) atoms. The third-order valence-corrected chi connectivity index (χ3v) is 4.56. The zero-order chi connectivity index (χ0) is 13.2. The van der Waals surface area contributed by atoms with Gasteiger partial charge in [-0.1, -0.05) is 17.7 Å². The van der Waals surface area contributed by atoms with Gasteiger partial charge >= 0.3 is 0 Å². The van der Waals surface area contributed by atoms with Crippen LogP contribution in [0.1, 0.15) is 43.6 Å². The van der Waals surface area contributed by atoms with E-state index in [0.29, 0.717) is 5.92 Å². The van der Waals surface area contributed by atoms with Gasteiger partial charge < -0.3 is 9.64 Å². The average molecular weight is 257 g/mol. The second-order valence-corrected chi connectivity index (χ2v) is 5.82. The van der Waals surface area contributed by atoms with Crippen molar-refractivity contribution in [3.05, 3.63) is 41.1 Å². The Bertz CT molecular complexity index is 492. The van der Waals surface area contributed by atoms with Crippen LogP contribution in [0.25, 0.3) is 0 Å². The summed E-state index contributed by atoms with van der Waals surface area (Å²) < 4.78 is 5.35. The molecule has 0 bridgehead atoms. The van der Waals surface area contributed by atoms with Gasteiger partial charge in [0.05, 0.1) is 7.11 Å². The van der Waals surface area contributed by atoms with Crippen LogP contribution in [0, 0.1) is 0 Å². The number of methoxy groups -OCH3 is 1. The van der Waals surface area contributed by atoms with E-state index in [0.717, 1.165) is 12.3 Å². The number of rotatable bonds is 2. The van der Waals surface area contributed by atoms with Crippen molar-refractivity contribution in [2.45, 2.75) is 38.0 Å². The molecule has 0 saturated heterocycles. The molecule has 0 fully saturated rings.